The zero-order valence-corrected chi connectivity index (χ0v) is 13.8. The monoisotopic (exact) mass is 388 g/mol. The largest absolute Gasteiger partial charge is 0.207 e. The number of hydrogen-bond acceptors (Lipinski definition) is 0. The standard InChI is InChI=1S/C19H14FI/c1-13-2-4-15(5-3-13)18-11-8-16(12-19(18)21)14-6-9-17(20)10-7-14/h2-12H,1H3. The van der Waals surface area contributed by atoms with Gasteiger partial charge in [0.05, 0.1) is 0 Å². The average Bonchev–Trinajstić information content (AvgIpc) is 2.49. The van der Waals surface area contributed by atoms with E-state index >= 15 is 0 Å². The number of halogens is 2. The fraction of sp³-hybridized carbons (Fsp3) is 0.0526. The zero-order valence-electron chi connectivity index (χ0n) is 11.6. The molecule has 0 N–H and O–H groups in total. The summed E-state index contributed by atoms with van der Waals surface area (Å²) in [6.07, 6.45) is 0. The van der Waals surface area contributed by atoms with Crippen LogP contribution in [0.4, 0.5) is 4.39 Å². The summed E-state index contributed by atoms with van der Waals surface area (Å²) in [5, 5.41) is 0. The summed E-state index contributed by atoms with van der Waals surface area (Å²) in [5.74, 6) is -0.204. The molecular formula is C19H14FI. The van der Waals surface area contributed by atoms with Gasteiger partial charge in [0.1, 0.15) is 5.82 Å². The number of aryl methyl sites for hydroxylation is 1. The Hall–Kier alpha value is -1.68. The summed E-state index contributed by atoms with van der Waals surface area (Å²) in [5.41, 5.74) is 5.84. The van der Waals surface area contributed by atoms with E-state index in [0.717, 1.165) is 11.1 Å². The predicted molar refractivity (Wildman–Crippen MR) is 94.7 cm³/mol. The number of rotatable bonds is 2. The summed E-state index contributed by atoms with van der Waals surface area (Å²) < 4.78 is 14.2. The minimum Gasteiger partial charge on any atom is -0.207 e. The molecule has 0 aliphatic rings. The van der Waals surface area contributed by atoms with E-state index in [1.54, 1.807) is 0 Å². The topological polar surface area (TPSA) is 0 Å². The Balaban J connectivity index is 1.99. The van der Waals surface area contributed by atoms with Crippen LogP contribution < -0.4 is 0 Å². The summed E-state index contributed by atoms with van der Waals surface area (Å²) >= 11 is 2.36. The van der Waals surface area contributed by atoms with E-state index in [-0.39, 0.29) is 5.82 Å². The third-order valence-corrected chi connectivity index (χ3v) is 4.40. The Morgan fingerprint density at radius 2 is 1.29 bits per heavy atom. The molecule has 0 aliphatic carbocycles. The normalized spacial score (nSPS) is 10.6. The van der Waals surface area contributed by atoms with Crippen LogP contribution in [0.1, 0.15) is 5.56 Å². The molecule has 0 saturated heterocycles. The summed E-state index contributed by atoms with van der Waals surface area (Å²) in [6, 6.07) is 21.5. The molecule has 0 spiro atoms. The maximum Gasteiger partial charge on any atom is 0.123 e. The highest BCUT2D eigenvalue weighted by Crippen LogP contribution is 2.30. The van der Waals surface area contributed by atoms with Crippen LogP contribution in [0.3, 0.4) is 0 Å². The van der Waals surface area contributed by atoms with Gasteiger partial charge in [-0.15, -0.1) is 0 Å². The molecular weight excluding hydrogens is 374 g/mol. The first-order valence-electron chi connectivity index (χ1n) is 6.76. The third kappa shape index (κ3) is 3.16. The van der Waals surface area contributed by atoms with E-state index in [2.05, 4.69) is 72.0 Å². The quantitative estimate of drug-likeness (QED) is 0.468. The first kappa shape index (κ1) is 14.3. The van der Waals surface area contributed by atoms with Crippen LogP contribution in [0.5, 0.6) is 0 Å². The van der Waals surface area contributed by atoms with Crippen molar-refractivity contribution in [3.8, 4) is 22.3 Å². The lowest BCUT2D eigenvalue weighted by Crippen LogP contribution is -1.86. The van der Waals surface area contributed by atoms with Crippen molar-refractivity contribution in [3.05, 3.63) is 81.7 Å². The maximum absolute atomic E-state index is 13.0. The Morgan fingerprint density at radius 1 is 0.714 bits per heavy atom. The number of benzene rings is 3. The van der Waals surface area contributed by atoms with Crippen molar-refractivity contribution in [1.82, 2.24) is 0 Å². The third-order valence-electron chi connectivity index (χ3n) is 3.51. The van der Waals surface area contributed by atoms with Gasteiger partial charge in [-0.25, -0.2) is 4.39 Å². The molecule has 0 radical (unpaired) electrons. The zero-order chi connectivity index (χ0) is 14.8. The van der Waals surface area contributed by atoms with Gasteiger partial charge in [-0.05, 0) is 70.0 Å². The van der Waals surface area contributed by atoms with E-state index < -0.39 is 0 Å². The van der Waals surface area contributed by atoms with Crippen molar-refractivity contribution in [1.29, 1.82) is 0 Å². The van der Waals surface area contributed by atoms with Gasteiger partial charge in [-0.3, -0.25) is 0 Å². The Morgan fingerprint density at radius 3 is 1.90 bits per heavy atom. The first-order valence-corrected chi connectivity index (χ1v) is 7.84. The molecule has 0 aliphatic heterocycles. The molecule has 0 unspecified atom stereocenters. The van der Waals surface area contributed by atoms with Crippen molar-refractivity contribution in [2.75, 3.05) is 0 Å². The van der Waals surface area contributed by atoms with Gasteiger partial charge in [0.15, 0.2) is 0 Å². The van der Waals surface area contributed by atoms with Crippen molar-refractivity contribution in [2.24, 2.45) is 0 Å². The highest BCUT2D eigenvalue weighted by molar-refractivity contribution is 14.1. The molecule has 3 rings (SSSR count). The molecule has 0 aromatic heterocycles. The summed E-state index contributed by atoms with van der Waals surface area (Å²) in [4.78, 5) is 0. The molecule has 0 nitrogen and oxygen atoms in total. The first-order chi connectivity index (χ1) is 10.1. The fourth-order valence-electron chi connectivity index (χ4n) is 2.30. The second-order valence-electron chi connectivity index (χ2n) is 5.07. The molecule has 0 saturated carbocycles. The highest BCUT2D eigenvalue weighted by Gasteiger charge is 2.05. The highest BCUT2D eigenvalue weighted by atomic mass is 127. The molecule has 0 bridgehead atoms. The smallest absolute Gasteiger partial charge is 0.123 e. The molecule has 3 aromatic rings. The van der Waals surface area contributed by atoms with Crippen molar-refractivity contribution < 1.29 is 4.39 Å². The van der Waals surface area contributed by atoms with Crippen LogP contribution in [0.25, 0.3) is 22.3 Å². The second kappa shape index (κ2) is 5.98. The molecule has 0 atom stereocenters. The molecule has 0 heterocycles. The van der Waals surface area contributed by atoms with Gasteiger partial charge in [0.2, 0.25) is 0 Å². The van der Waals surface area contributed by atoms with Crippen LogP contribution in [0.15, 0.2) is 66.7 Å². The van der Waals surface area contributed by atoms with Gasteiger partial charge in [0.25, 0.3) is 0 Å². The minimum absolute atomic E-state index is 0.204. The van der Waals surface area contributed by atoms with E-state index in [9.17, 15) is 4.39 Å². The van der Waals surface area contributed by atoms with E-state index in [0.29, 0.717) is 0 Å². The average molecular weight is 388 g/mol. The summed E-state index contributed by atoms with van der Waals surface area (Å²) in [6.45, 7) is 2.09. The lowest BCUT2D eigenvalue weighted by Gasteiger charge is -2.08. The van der Waals surface area contributed by atoms with Crippen LogP contribution in [0.2, 0.25) is 0 Å². The van der Waals surface area contributed by atoms with Crippen LogP contribution in [-0.4, -0.2) is 0 Å². The van der Waals surface area contributed by atoms with Gasteiger partial charge >= 0.3 is 0 Å². The van der Waals surface area contributed by atoms with Gasteiger partial charge in [-0.1, -0.05) is 54.1 Å². The van der Waals surface area contributed by atoms with E-state index in [1.807, 2.05) is 12.1 Å². The molecule has 3 aromatic carbocycles. The molecule has 2 heteroatoms. The fourth-order valence-corrected chi connectivity index (χ4v) is 3.13. The lowest BCUT2D eigenvalue weighted by atomic mass is 10.00. The summed E-state index contributed by atoms with van der Waals surface area (Å²) in [7, 11) is 0. The molecule has 0 fully saturated rings. The van der Waals surface area contributed by atoms with Crippen LogP contribution >= 0.6 is 22.6 Å². The van der Waals surface area contributed by atoms with Crippen LogP contribution in [0, 0.1) is 16.3 Å². The van der Waals surface area contributed by atoms with Crippen molar-refractivity contribution in [2.45, 2.75) is 6.92 Å². The molecule has 21 heavy (non-hydrogen) atoms. The van der Waals surface area contributed by atoms with Crippen LogP contribution in [-0.2, 0) is 0 Å². The van der Waals surface area contributed by atoms with Gasteiger partial charge in [0, 0.05) is 3.57 Å². The second-order valence-corrected chi connectivity index (χ2v) is 6.23. The van der Waals surface area contributed by atoms with Crippen molar-refractivity contribution in [3.63, 3.8) is 0 Å². The lowest BCUT2D eigenvalue weighted by molar-refractivity contribution is 0.628. The van der Waals surface area contributed by atoms with Crippen molar-refractivity contribution >= 4 is 22.6 Å². The molecule has 104 valence electrons. The SMILES string of the molecule is Cc1ccc(-c2ccc(-c3ccc(F)cc3)cc2I)cc1. The minimum atomic E-state index is -0.204. The van der Waals surface area contributed by atoms with Gasteiger partial charge < -0.3 is 0 Å². The number of hydrogen-bond donors (Lipinski definition) is 0. The Kier molecular flexibility index (Phi) is 4.06. The molecule has 0 amide bonds. The Labute approximate surface area is 137 Å². The van der Waals surface area contributed by atoms with Gasteiger partial charge in [-0.2, -0.15) is 0 Å². The van der Waals surface area contributed by atoms with E-state index in [1.165, 1.54) is 32.4 Å². The predicted octanol–water partition coefficient (Wildman–Crippen LogP) is 6.07. The van der Waals surface area contributed by atoms with E-state index in [4.69, 9.17) is 0 Å². The maximum atomic E-state index is 13.0. The Bertz CT molecular complexity index is 759.